The lowest BCUT2D eigenvalue weighted by Gasteiger charge is -2.15. The maximum atomic E-state index is 10.4. The summed E-state index contributed by atoms with van der Waals surface area (Å²) in [5.74, 6) is -1.21. The summed E-state index contributed by atoms with van der Waals surface area (Å²) in [7, 11) is 0. The molecule has 0 aliphatic carbocycles. The SMILES string of the molecule is CC1=c2sc3ccccc3c2=NC1(C)C.O=[N+]([O-])c1cc([N+](=O)[O-])c(O)c([N+](=O)[O-])c1. The van der Waals surface area contributed by atoms with Crippen LogP contribution in [-0.4, -0.2) is 25.4 Å². The molecule has 0 fully saturated rings. The largest absolute Gasteiger partial charge is 0.497 e. The fraction of sp³-hybridized carbons (Fsp3) is 0.211. The number of non-ortho nitro benzene ring substituents is 1. The second-order valence-corrected chi connectivity index (χ2v) is 8.23. The smallest absolute Gasteiger partial charge is 0.324 e. The zero-order valence-corrected chi connectivity index (χ0v) is 17.4. The van der Waals surface area contributed by atoms with Crippen molar-refractivity contribution in [2.24, 2.45) is 4.99 Å². The Kier molecular flexibility index (Phi) is 5.42. The van der Waals surface area contributed by atoms with E-state index in [0.29, 0.717) is 12.1 Å². The number of nitrogens with zero attached hydrogens (tertiary/aromatic N) is 4. The van der Waals surface area contributed by atoms with Gasteiger partial charge in [-0.15, -0.1) is 11.3 Å². The molecule has 1 N–H and O–H groups in total. The first-order valence-electron chi connectivity index (χ1n) is 8.83. The zero-order valence-electron chi connectivity index (χ0n) is 16.6. The van der Waals surface area contributed by atoms with E-state index in [2.05, 4.69) is 45.0 Å². The van der Waals surface area contributed by atoms with Crippen LogP contribution in [0.2, 0.25) is 0 Å². The standard InChI is InChI=1S/C13H13NS.C6H3N3O7/c1-8-12-11(14-13(8,2)3)9-6-4-5-7-10(9)15-12;10-6-4(8(13)14)1-3(7(11)12)2-5(6)9(15)16/h4-7H,1-3H3;1-2,10H. The number of phenols is 1. The number of nitro groups is 3. The van der Waals surface area contributed by atoms with Gasteiger partial charge < -0.3 is 5.11 Å². The summed E-state index contributed by atoms with van der Waals surface area (Å²) in [4.78, 5) is 32.6. The van der Waals surface area contributed by atoms with Gasteiger partial charge in [-0.25, -0.2) is 0 Å². The highest BCUT2D eigenvalue weighted by atomic mass is 32.1. The molecule has 0 bridgehead atoms. The molecular formula is C19H16N4O7S. The second kappa shape index (κ2) is 7.72. The molecule has 0 amide bonds. The van der Waals surface area contributed by atoms with Crippen molar-refractivity contribution < 1.29 is 19.9 Å². The van der Waals surface area contributed by atoms with Crippen LogP contribution in [0.4, 0.5) is 17.1 Å². The van der Waals surface area contributed by atoms with Crippen LogP contribution >= 0.6 is 11.3 Å². The Labute approximate surface area is 178 Å². The Morgan fingerprint density at radius 1 is 0.968 bits per heavy atom. The fourth-order valence-electron chi connectivity index (χ4n) is 3.01. The summed E-state index contributed by atoms with van der Waals surface area (Å²) in [6, 6.07) is 9.42. The third kappa shape index (κ3) is 3.92. The van der Waals surface area contributed by atoms with Gasteiger partial charge in [-0.2, -0.15) is 0 Å². The van der Waals surface area contributed by atoms with Crippen molar-refractivity contribution >= 4 is 44.1 Å². The number of aromatic hydroxyl groups is 1. The highest BCUT2D eigenvalue weighted by Gasteiger charge is 2.30. The van der Waals surface area contributed by atoms with Crippen LogP contribution in [0.15, 0.2) is 41.4 Å². The number of hydrogen-bond donors (Lipinski definition) is 1. The van der Waals surface area contributed by atoms with Crippen molar-refractivity contribution in [2.75, 3.05) is 0 Å². The van der Waals surface area contributed by atoms with Crippen LogP contribution < -0.4 is 9.89 Å². The van der Waals surface area contributed by atoms with E-state index in [0.717, 1.165) is 0 Å². The molecule has 0 saturated heterocycles. The van der Waals surface area contributed by atoms with Crippen LogP contribution in [0.25, 0.3) is 15.7 Å². The van der Waals surface area contributed by atoms with Gasteiger partial charge in [-0.1, -0.05) is 18.2 Å². The highest BCUT2D eigenvalue weighted by Crippen LogP contribution is 2.39. The molecule has 12 heteroatoms. The van der Waals surface area contributed by atoms with Gasteiger partial charge in [0, 0.05) is 10.1 Å². The quantitative estimate of drug-likeness (QED) is 0.476. The van der Waals surface area contributed by atoms with Crippen LogP contribution in [0, 0.1) is 30.3 Å². The Balaban J connectivity index is 0.000000176. The first-order valence-corrected chi connectivity index (χ1v) is 9.64. The monoisotopic (exact) mass is 444 g/mol. The molecule has 0 unspecified atom stereocenters. The Hall–Kier alpha value is -3.93. The van der Waals surface area contributed by atoms with Crippen molar-refractivity contribution in [1.82, 2.24) is 0 Å². The maximum absolute atomic E-state index is 10.4. The third-order valence-electron chi connectivity index (χ3n) is 4.88. The van der Waals surface area contributed by atoms with Gasteiger partial charge in [0.15, 0.2) is 0 Å². The van der Waals surface area contributed by atoms with E-state index < -0.39 is 37.6 Å². The van der Waals surface area contributed by atoms with E-state index in [9.17, 15) is 30.3 Å². The van der Waals surface area contributed by atoms with Crippen molar-refractivity contribution in [3.8, 4) is 5.75 Å². The summed E-state index contributed by atoms with van der Waals surface area (Å²) in [5, 5.41) is 42.7. The number of hydrogen-bond acceptors (Lipinski definition) is 9. The molecule has 0 radical (unpaired) electrons. The summed E-state index contributed by atoms with van der Waals surface area (Å²) >= 11 is 1.87. The Morgan fingerprint density at radius 2 is 1.52 bits per heavy atom. The fourth-order valence-corrected chi connectivity index (χ4v) is 4.31. The molecule has 1 aliphatic rings. The van der Waals surface area contributed by atoms with Crippen molar-refractivity contribution in [3.63, 3.8) is 0 Å². The van der Waals surface area contributed by atoms with E-state index in [-0.39, 0.29) is 5.54 Å². The normalized spacial score (nSPS) is 13.7. The second-order valence-electron chi connectivity index (χ2n) is 7.18. The van der Waals surface area contributed by atoms with Crippen LogP contribution in [0.1, 0.15) is 20.8 Å². The molecule has 4 rings (SSSR count). The average Bonchev–Trinajstić information content (AvgIpc) is 3.15. The van der Waals surface area contributed by atoms with E-state index in [1.807, 2.05) is 11.3 Å². The van der Waals surface area contributed by atoms with Crippen LogP contribution in [-0.2, 0) is 0 Å². The van der Waals surface area contributed by atoms with Crippen LogP contribution in [0.3, 0.4) is 0 Å². The van der Waals surface area contributed by atoms with Gasteiger partial charge in [0.2, 0.25) is 0 Å². The molecule has 2 heterocycles. The number of rotatable bonds is 3. The lowest BCUT2D eigenvalue weighted by atomic mass is 9.99. The van der Waals surface area contributed by atoms with E-state index in [4.69, 9.17) is 10.1 Å². The first-order chi connectivity index (χ1) is 14.4. The number of benzene rings is 2. The molecule has 1 aliphatic heterocycles. The summed E-state index contributed by atoms with van der Waals surface area (Å²) in [6.07, 6.45) is 0. The number of phenolic OH excluding ortho intramolecular Hbond substituents is 1. The molecular weight excluding hydrogens is 428 g/mol. The predicted molar refractivity (Wildman–Crippen MR) is 114 cm³/mol. The van der Waals surface area contributed by atoms with Crippen molar-refractivity contribution in [2.45, 2.75) is 26.3 Å². The topological polar surface area (TPSA) is 162 Å². The average molecular weight is 444 g/mol. The van der Waals surface area contributed by atoms with Crippen molar-refractivity contribution in [3.05, 3.63) is 76.6 Å². The molecule has 0 saturated carbocycles. The minimum absolute atomic E-state index is 0.00873. The minimum atomic E-state index is -1.21. The lowest BCUT2D eigenvalue weighted by Crippen LogP contribution is -2.17. The molecule has 1 aromatic heterocycles. The molecule has 31 heavy (non-hydrogen) atoms. The zero-order chi connectivity index (χ0) is 23.1. The number of thiophene rings is 1. The van der Waals surface area contributed by atoms with Gasteiger partial charge in [0.05, 0.1) is 42.3 Å². The van der Waals surface area contributed by atoms with Gasteiger partial charge >= 0.3 is 11.4 Å². The van der Waals surface area contributed by atoms with Gasteiger partial charge in [0.1, 0.15) is 0 Å². The molecule has 160 valence electrons. The maximum Gasteiger partial charge on any atom is 0.324 e. The van der Waals surface area contributed by atoms with Gasteiger partial charge in [0.25, 0.3) is 11.4 Å². The Bertz CT molecular complexity index is 1340. The van der Waals surface area contributed by atoms with Crippen molar-refractivity contribution in [1.29, 1.82) is 0 Å². The molecule has 3 aromatic rings. The van der Waals surface area contributed by atoms with Gasteiger partial charge in [-0.3, -0.25) is 35.3 Å². The predicted octanol–water partition coefficient (Wildman–Crippen LogP) is 3.60. The number of fused-ring (bicyclic) bond motifs is 3. The van der Waals surface area contributed by atoms with E-state index in [1.165, 1.54) is 25.5 Å². The van der Waals surface area contributed by atoms with Gasteiger partial charge in [-0.05, 0) is 32.4 Å². The molecule has 2 aromatic carbocycles. The van der Waals surface area contributed by atoms with E-state index in [1.54, 1.807) is 0 Å². The molecule has 0 atom stereocenters. The first kappa shape index (κ1) is 21.8. The number of nitro benzene ring substituents is 3. The van der Waals surface area contributed by atoms with E-state index >= 15 is 0 Å². The van der Waals surface area contributed by atoms with Crippen LogP contribution in [0.5, 0.6) is 5.75 Å². The minimum Gasteiger partial charge on any atom is -0.497 e. The summed E-state index contributed by atoms with van der Waals surface area (Å²) in [6.45, 7) is 6.57. The summed E-state index contributed by atoms with van der Waals surface area (Å²) in [5.41, 5.74) is -1.61. The lowest BCUT2D eigenvalue weighted by molar-refractivity contribution is -0.404. The molecule has 11 nitrogen and oxygen atoms in total. The molecule has 0 spiro atoms. The summed E-state index contributed by atoms with van der Waals surface area (Å²) < 4.78 is 2.72. The third-order valence-corrected chi connectivity index (χ3v) is 6.16. The highest BCUT2D eigenvalue weighted by molar-refractivity contribution is 7.17. The Morgan fingerprint density at radius 3 is 2.03 bits per heavy atom.